The van der Waals surface area contributed by atoms with E-state index in [1.165, 1.54) is 26.8 Å². The third-order valence-electron chi connectivity index (χ3n) is 5.57. The summed E-state index contributed by atoms with van der Waals surface area (Å²) in [4.78, 5) is 11.5. The van der Waals surface area contributed by atoms with Gasteiger partial charge in [0.15, 0.2) is 0 Å². The number of rotatable bonds is 7. The van der Waals surface area contributed by atoms with Crippen LogP contribution >= 0.6 is 11.3 Å². The Bertz CT molecular complexity index is 1300. The summed E-state index contributed by atoms with van der Waals surface area (Å²) >= 11 is 1.78. The molecule has 0 saturated carbocycles. The summed E-state index contributed by atoms with van der Waals surface area (Å²) in [6.07, 6.45) is 0.435. The Morgan fingerprint density at radius 1 is 1.03 bits per heavy atom. The highest BCUT2D eigenvalue weighted by molar-refractivity contribution is 7.17. The van der Waals surface area contributed by atoms with Crippen LogP contribution in [0.4, 0.5) is 0 Å². The summed E-state index contributed by atoms with van der Waals surface area (Å²) in [5.41, 5.74) is 6.03. The number of ketones is 1. The summed E-state index contributed by atoms with van der Waals surface area (Å²) in [6.45, 7) is 6.07. The number of thiophene rings is 1. The molecule has 0 saturated heterocycles. The van der Waals surface area contributed by atoms with Crippen molar-refractivity contribution in [1.29, 1.82) is 0 Å². The smallest absolute Gasteiger partial charge is 0.131 e. The largest absolute Gasteiger partial charge is 0.489 e. The molecule has 32 heavy (non-hydrogen) atoms. The number of fused-ring (bicyclic) bond motifs is 1. The van der Waals surface area contributed by atoms with Gasteiger partial charge in [-0.1, -0.05) is 48.4 Å². The normalized spacial score (nSPS) is 11.6. The zero-order valence-electron chi connectivity index (χ0n) is 18.6. The molecule has 1 unspecified atom stereocenters. The van der Waals surface area contributed by atoms with Crippen LogP contribution in [-0.2, 0) is 11.4 Å². The molecule has 0 fully saturated rings. The quantitative estimate of drug-likeness (QED) is 0.279. The summed E-state index contributed by atoms with van der Waals surface area (Å²) in [5.74, 6) is 6.96. The first kappa shape index (κ1) is 21.9. The number of benzene rings is 3. The number of aryl methyl sites for hydroxylation is 1. The highest BCUT2D eigenvalue weighted by atomic mass is 32.1. The van der Waals surface area contributed by atoms with E-state index >= 15 is 0 Å². The van der Waals surface area contributed by atoms with Gasteiger partial charge in [0.05, 0.1) is 5.92 Å². The maximum atomic E-state index is 11.5. The van der Waals surface area contributed by atoms with Crippen molar-refractivity contribution in [2.45, 2.75) is 39.7 Å². The third kappa shape index (κ3) is 4.93. The van der Waals surface area contributed by atoms with Crippen LogP contribution in [0.3, 0.4) is 0 Å². The lowest BCUT2D eigenvalue weighted by Gasteiger charge is -2.11. The molecule has 0 aliphatic rings. The molecule has 4 aromatic rings. The number of hydrogen-bond donors (Lipinski definition) is 0. The minimum absolute atomic E-state index is 0.0626. The minimum Gasteiger partial charge on any atom is -0.489 e. The molecule has 0 N–H and O–H groups in total. The molecule has 1 atom stereocenters. The molecule has 1 aromatic heterocycles. The standard InChI is InChI=1S/C29H26O2S/c1-4-7-24(16-21(3)30)23-11-13-25(14-12-23)31-18-22-10-15-29-27(17-22)28(19-32-29)26-9-6-5-8-20(26)2/h5-6,8-15,17,19,24H,16,18H2,1-3H3. The van der Waals surface area contributed by atoms with Crippen LogP contribution in [0, 0.1) is 18.8 Å². The van der Waals surface area contributed by atoms with Gasteiger partial charge in [-0.2, -0.15) is 0 Å². The number of hydrogen-bond acceptors (Lipinski definition) is 3. The molecule has 0 bridgehead atoms. The Kier molecular flexibility index (Phi) is 6.73. The van der Waals surface area contributed by atoms with E-state index in [9.17, 15) is 4.79 Å². The molecule has 0 aliphatic heterocycles. The van der Waals surface area contributed by atoms with Gasteiger partial charge in [0.1, 0.15) is 18.1 Å². The van der Waals surface area contributed by atoms with Gasteiger partial charge in [0, 0.05) is 22.1 Å². The van der Waals surface area contributed by atoms with Gasteiger partial charge in [-0.05, 0) is 72.7 Å². The average Bonchev–Trinajstić information content (AvgIpc) is 3.21. The second-order valence-electron chi connectivity index (χ2n) is 8.01. The van der Waals surface area contributed by atoms with Crippen molar-refractivity contribution in [3.8, 4) is 28.7 Å². The van der Waals surface area contributed by atoms with E-state index in [1.54, 1.807) is 25.2 Å². The molecule has 1 heterocycles. The lowest BCUT2D eigenvalue weighted by molar-refractivity contribution is -0.117. The van der Waals surface area contributed by atoms with E-state index < -0.39 is 0 Å². The average molecular weight is 439 g/mol. The molecule has 0 aliphatic carbocycles. The van der Waals surface area contributed by atoms with Crippen LogP contribution in [0.1, 0.15) is 42.9 Å². The second-order valence-corrected chi connectivity index (χ2v) is 8.92. The summed E-state index contributed by atoms with van der Waals surface area (Å²) in [5, 5.41) is 3.51. The van der Waals surface area contributed by atoms with Crippen LogP contribution in [0.2, 0.25) is 0 Å². The molecule has 3 aromatic carbocycles. The van der Waals surface area contributed by atoms with Gasteiger partial charge >= 0.3 is 0 Å². The topological polar surface area (TPSA) is 26.3 Å². The molecule has 2 nitrogen and oxygen atoms in total. The third-order valence-corrected chi connectivity index (χ3v) is 6.53. The zero-order chi connectivity index (χ0) is 22.5. The predicted molar refractivity (Wildman–Crippen MR) is 134 cm³/mol. The molecular formula is C29H26O2S. The molecule has 0 amide bonds. The van der Waals surface area contributed by atoms with Crippen LogP contribution in [-0.4, -0.2) is 5.78 Å². The lowest BCUT2D eigenvalue weighted by Crippen LogP contribution is -2.02. The summed E-state index contributed by atoms with van der Waals surface area (Å²) < 4.78 is 7.35. The Morgan fingerprint density at radius 2 is 1.81 bits per heavy atom. The van der Waals surface area contributed by atoms with Crippen molar-refractivity contribution in [2.75, 3.05) is 0 Å². The van der Waals surface area contributed by atoms with E-state index in [0.29, 0.717) is 13.0 Å². The van der Waals surface area contributed by atoms with E-state index in [4.69, 9.17) is 4.74 Å². The van der Waals surface area contributed by atoms with Gasteiger partial charge in [0.25, 0.3) is 0 Å². The van der Waals surface area contributed by atoms with E-state index in [0.717, 1.165) is 16.9 Å². The molecule has 3 heteroatoms. The van der Waals surface area contributed by atoms with Crippen molar-refractivity contribution in [1.82, 2.24) is 0 Å². The fourth-order valence-corrected chi connectivity index (χ4v) is 4.87. The zero-order valence-corrected chi connectivity index (χ0v) is 19.5. The van der Waals surface area contributed by atoms with E-state index in [1.807, 2.05) is 24.3 Å². The Labute approximate surface area is 193 Å². The predicted octanol–water partition coefficient (Wildman–Crippen LogP) is 7.54. The second kappa shape index (κ2) is 9.85. The van der Waals surface area contributed by atoms with Crippen LogP contribution in [0.15, 0.2) is 72.1 Å². The fraction of sp³-hybridized carbons (Fsp3) is 0.207. The van der Waals surface area contributed by atoms with Crippen molar-refractivity contribution < 1.29 is 9.53 Å². The Balaban J connectivity index is 1.51. The highest BCUT2D eigenvalue weighted by Crippen LogP contribution is 2.36. The Morgan fingerprint density at radius 3 is 2.53 bits per heavy atom. The maximum absolute atomic E-state index is 11.5. The minimum atomic E-state index is -0.0626. The molecule has 0 spiro atoms. The van der Waals surface area contributed by atoms with Gasteiger partial charge in [-0.25, -0.2) is 0 Å². The molecular weight excluding hydrogens is 412 g/mol. The first-order valence-electron chi connectivity index (χ1n) is 10.8. The lowest BCUT2D eigenvalue weighted by atomic mass is 9.94. The number of carbonyl (C=O) groups excluding carboxylic acids is 1. The first-order valence-corrected chi connectivity index (χ1v) is 11.6. The monoisotopic (exact) mass is 438 g/mol. The van der Waals surface area contributed by atoms with Crippen molar-refractivity contribution in [2.24, 2.45) is 0 Å². The van der Waals surface area contributed by atoms with Gasteiger partial charge in [-0.3, -0.25) is 4.79 Å². The van der Waals surface area contributed by atoms with E-state index in [-0.39, 0.29) is 11.7 Å². The van der Waals surface area contributed by atoms with E-state index in [2.05, 4.69) is 66.6 Å². The van der Waals surface area contributed by atoms with Gasteiger partial charge in [-0.15, -0.1) is 17.3 Å². The van der Waals surface area contributed by atoms with Crippen molar-refractivity contribution in [3.63, 3.8) is 0 Å². The number of ether oxygens (including phenoxy) is 1. The van der Waals surface area contributed by atoms with Gasteiger partial charge < -0.3 is 4.74 Å². The fourth-order valence-electron chi connectivity index (χ4n) is 3.93. The number of Topliss-reactive ketones (excluding diaryl/α,β-unsaturated/α-hetero) is 1. The number of carbonyl (C=O) groups is 1. The van der Waals surface area contributed by atoms with Crippen LogP contribution in [0.25, 0.3) is 21.2 Å². The van der Waals surface area contributed by atoms with Crippen molar-refractivity contribution >= 4 is 27.2 Å². The highest BCUT2D eigenvalue weighted by Gasteiger charge is 2.12. The SMILES string of the molecule is CC#CC(CC(C)=O)c1ccc(OCc2ccc3scc(-c4ccccc4C)c3c2)cc1. The van der Waals surface area contributed by atoms with Crippen LogP contribution in [0.5, 0.6) is 5.75 Å². The Hall–Kier alpha value is -3.35. The molecule has 4 rings (SSSR count). The first-order chi connectivity index (χ1) is 15.5. The van der Waals surface area contributed by atoms with Gasteiger partial charge in [0.2, 0.25) is 0 Å². The summed E-state index contributed by atoms with van der Waals surface area (Å²) in [7, 11) is 0. The molecule has 0 radical (unpaired) electrons. The summed E-state index contributed by atoms with van der Waals surface area (Å²) in [6, 6.07) is 23.0. The maximum Gasteiger partial charge on any atom is 0.131 e. The van der Waals surface area contributed by atoms with Crippen molar-refractivity contribution in [3.05, 3.63) is 88.8 Å². The van der Waals surface area contributed by atoms with Crippen LogP contribution < -0.4 is 4.74 Å². The molecule has 160 valence electrons.